The first-order valence-corrected chi connectivity index (χ1v) is 11.5. The molecule has 34 heavy (non-hydrogen) atoms. The molecule has 0 atom stereocenters. The highest BCUT2D eigenvalue weighted by atomic mass is 14.8. The Hall–Kier alpha value is -4.56. The average molecular weight is 433 g/mol. The average Bonchev–Trinajstić information content (AvgIpc) is 2.93. The molecular formula is C32H20N2. The van der Waals surface area contributed by atoms with Crippen LogP contribution in [0, 0.1) is 0 Å². The Labute approximate surface area is 197 Å². The molecule has 7 rings (SSSR count). The highest BCUT2D eigenvalue weighted by molar-refractivity contribution is 6.23. The number of aromatic nitrogens is 2. The standard InChI is InChI=1S/C32H20N2/c1-2-7-22-18-25(13-12-21(22)6-1)23-8-5-9-24(19-23)26-14-15-29-30(20-26)27-10-3-4-11-28(27)31-32(29)34-17-16-33-31/h1-20H. The van der Waals surface area contributed by atoms with Gasteiger partial charge in [-0.3, -0.25) is 9.97 Å². The molecule has 0 amide bonds. The van der Waals surface area contributed by atoms with Gasteiger partial charge in [0.1, 0.15) is 0 Å². The Morgan fingerprint density at radius 2 is 0.941 bits per heavy atom. The Morgan fingerprint density at radius 1 is 0.353 bits per heavy atom. The normalized spacial score (nSPS) is 11.5. The van der Waals surface area contributed by atoms with Gasteiger partial charge < -0.3 is 0 Å². The molecular weight excluding hydrogens is 412 g/mol. The van der Waals surface area contributed by atoms with Gasteiger partial charge in [-0.1, -0.05) is 91.0 Å². The minimum Gasteiger partial charge on any atom is -0.252 e. The molecule has 0 radical (unpaired) electrons. The van der Waals surface area contributed by atoms with E-state index in [0.29, 0.717) is 0 Å². The first kappa shape index (κ1) is 19.0. The van der Waals surface area contributed by atoms with Gasteiger partial charge in [-0.05, 0) is 62.0 Å². The van der Waals surface area contributed by atoms with E-state index in [1.807, 2.05) is 0 Å². The van der Waals surface area contributed by atoms with E-state index in [9.17, 15) is 0 Å². The maximum absolute atomic E-state index is 4.68. The van der Waals surface area contributed by atoms with Crippen molar-refractivity contribution < 1.29 is 0 Å². The fourth-order valence-corrected chi connectivity index (χ4v) is 5.06. The zero-order chi connectivity index (χ0) is 22.5. The van der Waals surface area contributed by atoms with E-state index < -0.39 is 0 Å². The maximum atomic E-state index is 4.68. The van der Waals surface area contributed by atoms with Crippen molar-refractivity contribution in [2.75, 3.05) is 0 Å². The molecule has 0 fully saturated rings. The van der Waals surface area contributed by atoms with E-state index in [-0.39, 0.29) is 0 Å². The predicted molar refractivity (Wildman–Crippen MR) is 143 cm³/mol. The molecule has 7 aromatic rings. The Bertz CT molecular complexity index is 1830. The molecule has 0 spiro atoms. The van der Waals surface area contributed by atoms with Crippen molar-refractivity contribution in [3.05, 3.63) is 122 Å². The summed E-state index contributed by atoms with van der Waals surface area (Å²) in [6.07, 6.45) is 3.55. The SMILES string of the molecule is c1cc(-c2ccc3ccccc3c2)cc(-c2ccc3c(c2)c2ccccc2c2nccnc32)c1. The van der Waals surface area contributed by atoms with Gasteiger partial charge in [0.25, 0.3) is 0 Å². The van der Waals surface area contributed by atoms with Crippen LogP contribution in [0.2, 0.25) is 0 Å². The lowest BCUT2D eigenvalue weighted by atomic mass is 9.94. The van der Waals surface area contributed by atoms with Crippen LogP contribution in [-0.2, 0) is 0 Å². The van der Waals surface area contributed by atoms with Crippen LogP contribution in [0.3, 0.4) is 0 Å². The van der Waals surface area contributed by atoms with E-state index in [2.05, 4.69) is 119 Å². The number of rotatable bonds is 2. The van der Waals surface area contributed by atoms with E-state index in [1.54, 1.807) is 12.4 Å². The smallest absolute Gasteiger partial charge is 0.0971 e. The summed E-state index contributed by atoms with van der Waals surface area (Å²) in [4.78, 5) is 9.32. The lowest BCUT2D eigenvalue weighted by Gasteiger charge is -2.11. The molecule has 1 heterocycles. The van der Waals surface area contributed by atoms with Crippen LogP contribution in [0.1, 0.15) is 0 Å². The molecule has 0 aliphatic carbocycles. The molecule has 1 aromatic heterocycles. The molecule has 0 aliphatic rings. The van der Waals surface area contributed by atoms with Crippen LogP contribution in [-0.4, -0.2) is 9.97 Å². The van der Waals surface area contributed by atoms with E-state index in [1.165, 1.54) is 43.8 Å². The van der Waals surface area contributed by atoms with Crippen molar-refractivity contribution in [3.8, 4) is 22.3 Å². The van der Waals surface area contributed by atoms with Gasteiger partial charge in [0.2, 0.25) is 0 Å². The van der Waals surface area contributed by atoms with Crippen molar-refractivity contribution in [2.45, 2.75) is 0 Å². The summed E-state index contributed by atoms with van der Waals surface area (Å²) >= 11 is 0. The third-order valence-corrected chi connectivity index (χ3v) is 6.72. The van der Waals surface area contributed by atoms with Gasteiger partial charge in [0, 0.05) is 23.2 Å². The molecule has 158 valence electrons. The van der Waals surface area contributed by atoms with Crippen molar-refractivity contribution in [1.82, 2.24) is 9.97 Å². The second kappa shape index (κ2) is 7.50. The van der Waals surface area contributed by atoms with Gasteiger partial charge in [-0.15, -0.1) is 0 Å². The quantitative estimate of drug-likeness (QED) is 0.256. The highest BCUT2D eigenvalue weighted by Gasteiger charge is 2.11. The first-order chi connectivity index (χ1) is 16.8. The monoisotopic (exact) mass is 432 g/mol. The zero-order valence-corrected chi connectivity index (χ0v) is 18.4. The summed E-state index contributed by atoms with van der Waals surface area (Å²) in [6, 6.07) is 39.2. The lowest BCUT2D eigenvalue weighted by molar-refractivity contribution is 1.31. The molecule has 0 bridgehead atoms. The topological polar surface area (TPSA) is 25.8 Å². The molecule has 6 aromatic carbocycles. The van der Waals surface area contributed by atoms with Gasteiger partial charge in [-0.2, -0.15) is 0 Å². The van der Waals surface area contributed by atoms with Gasteiger partial charge in [0.15, 0.2) is 0 Å². The maximum Gasteiger partial charge on any atom is 0.0971 e. The summed E-state index contributed by atoms with van der Waals surface area (Å²) < 4.78 is 0. The number of benzene rings is 6. The van der Waals surface area contributed by atoms with Crippen LogP contribution in [0.5, 0.6) is 0 Å². The van der Waals surface area contributed by atoms with Gasteiger partial charge in [-0.25, -0.2) is 0 Å². The van der Waals surface area contributed by atoms with E-state index in [4.69, 9.17) is 0 Å². The van der Waals surface area contributed by atoms with Crippen LogP contribution in [0.4, 0.5) is 0 Å². The summed E-state index contributed by atoms with van der Waals surface area (Å²) in [5.41, 5.74) is 6.76. The fraction of sp³-hybridized carbons (Fsp3) is 0. The fourth-order valence-electron chi connectivity index (χ4n) is 5.06. The summed E-state index contributed by atoms with van der Waals surface area (Å²) in [7, 11) is 0. The molecule has 0 aliphatic heterocycles. The molecule has 0 saturated heterocycles. The number of hydrogen-bond acceptors (Lipinski definition) is 2. The summed E-state index contributed by atoms with van der Waals surface area (Å²) in [6.45, 7) is 0. The van der Waals surface area contributed by atoms with Crippen molar-refractivity contribution in [3.63, 3.8) is 0 Å². The lowest BCUT2D eigenvalue weighted by Crippen LogP contribution is -1.89. The summed E-state index contributed by atoms with van der Waals surface area (Å²) in [5.74, 6) is 0. The van der Waals surface area contributed by atoms with Crippen molar-refractivity contribution >= 4 is 43.4 Å². The predicted octanol–water partition coefficient (Wildman–Crippen LogP) is 8.42. The first-order valence-electron chi connectivity index (χ1n) is 11.5. The van der Waals surface area contributed by atoms with Crippen LogP contribution in [0.15, 0.2) is 122 Å². The molecule has 2 nitrogen and oxygen atoms in total. The Kier molecular flexibility index (Phi) is 4.18. The zero-order valence-electron chi connectivity index (χ0n) is 18.4. The van der Waals surface area contributed by atoms with Crippen molar-refractivity contribution in [2.24, 2.45) is 0 Å². The Morgan fingerprint density at radius 3 is 1.74 bits per heavy atom. The van der Waals surface area contributed by atoms with Gasteiger partial charge >= 0.3 is 0 Å². The number of hydrogen-bond donors (Lipinski definition) is 0. The minimum atomic E-state index is 0.952. The largest absolute Gasteiger partial charge is 0.252 e. The third kappa shape index (κ3) is 2.96. The number of nitrogens with zero attached hydrogens (tertiary/aromatic N) is 2. The van der Waals surface area contributed by atoms with E-state index >= 15 is 0 Å². The molecule has 2 heteroatoms. The second-order valence-corrected chi connectivity index (χ2v) is 8.70. The van der Waals surface area contributed by atoms with Crippen molar-refractivity contribution in [1.29, 1.82) is 0 Å². The van der Waals surface area contributed by atoms with E-state index in [0.717, 1.165) is 21.8 Å². The highest BCUT2D eigenvalue weighted by Crippen LogP contribution is 2.36. The minimum absolute atomic E-state index is 0.952. The molecule has 0 N–H and O–H groups in total. The summed E-state index contributed by atoms with van der Waals surface area (Å²) in [5, 5.41) is 7.21. The third-order valence-electron chi connectivity index (χ3n) is 6.72. The molecule has 0 unspecified atom stereocenters. The Balaban J connectivity index is 1.42. The van der Waals surface area contributed by atoms with Crippen LogP contribution < -0.4 is 0 Å². The van der Waals surface area contributed by atoms with Gasteiger partial charge in [0.05, 0.1) is 11.0 Å². The van der Waals surface area contributed by atoms with Crippen LogP contribution >= 0.6 is 0 Å². The second-order valence-electron chi connectivity index (χ2n) is 8.70. The number of fused-ring (bicyclic) bond motifs is 7. The molecule has 0 saturated carbocycles. The van der Waals surface area contributed by atoms with Crippen LogP contribution in [0.25, 0.3) is 65.6 Å².